The van der Waals surface area contributed by atoms with Crippen LogP contribution in [-0.2, 0) is 9.53 Å². The number of aryl methyl sites for hydroxylation is 1. The number of nitrogens with zero attached hydrogens (tertiary/aromatic N) is 3. The summed E-state index contributed by atoms with van der Waals surface area (Å²) >= 11 is 1.68. The van der Waals surface area contributed by atoms with Crippen LogP contribution >= 0.6 is 11.3 Å². The lowest BCUT2D eigenvalue weighted by atomic mass is 10.1. The molecule has 0 spiro atoms. The highest BCUT2D eigenvalue weighted by molar-refractivity contribution is 7.14. The molecule has 3 heterocycles. The number of hydrogen-bond donors (Lipinski definition) is 0. The molecule has 1 aromatic heterocycles. The lowest BCUT2D eigenvalue weighted by molar-refractivity contribution is -0.141. The van der Waals surface area contributed by atoms with E-state index in [4.69, 9.17) is 9.72 Å². The maximum atomic E-state index is 12.4. The number of hydrogen-bond acceptors (Lipinski definition) is 5. The van der Waals surface area contributed by atoms with E-state index in [0.29, 0.717) is 0 Å². The Morgan fingerprint density at radius 1 is 1.28 bits per heavy atom. The first-order chi connectivity index (χ1) is 12.2. The summed E-state index contributed by atoms with van der Waals surface area (Å²) in [5, 5.41) is 3.17. The first kappa shape index (κ1) is 16.5. The molecule has 0 aliphatic carbocycles. The molecule has 6 heteroatoms. The number of benzene rings is 1. The second-order valence-electron chi connectivity index (χ2n) is 6.64. The summed E-state index contributed by atoms with van der Waals surface area (Å²) < 4.78 is 5.53. The molecule has 0 saturated carbocycles. The van der Waals surface area contributed by atoms with Gasteiger partial charge in [-0.1, -0.05) is 24.3 Å². The van der Waals surface area contributed by atoms with Crippen LogP contribution in [0.25, 0.3) is 11.3 Å². The monoisotopic (exact) mass is 359 g/mol. The van der Waals surface area contributed by atoms with Crippen LogP contribution in [0.4, 0.5) is 5.13 Å². The second kappa shape index (κ2) is 7.14. The molecule has 0 bridgehead atoms. The van der Waals surface area contributed by atoms with E-state index in [-0.39, 0.29) is 13.4 Å². The van der Waals surface area contributed by atoms with Gasteiger partial charge in [-0.25, -0.2) is 4.98 Å². The molecule has 2 fully saturated rings. The van der Waals surface area contributed by atoms with Crippen LogP contribution in [0.2, 0.25) is 0 Å². The maximum Gasteiger partial charge on any atom is 0.251 e. The van der Waals surface area contributed by atoms with Gasteiger partial charge in [0.1, 0.15) is 6.10 Å². The summed E-state index contributed by atoms with van der Waals surface area (Å²) in [5.74, 6) is 0.164. The predicted octanol–water partition coefficient (Wildman–Crippen LogP) is 3.19. The van der Waals surface area contributed by atoms with E-state index in [1.54, 1.807) is 11.3 Å². The van der Waals surface area contributed by atoms with Crippen molar-refractivity contribution in [3.05, 3.63) is 35.2 Å². The molecule has 2 aliphatic heterocycles. The summed E-state index contributed by atoms with van der Waals surface area (Å²) in [7, 11) is 0. The SMILES string of the molecule is Cc1ccccc1-c1csc(N2CCN(C(=O)[C@H]3CCCO3)CC2)n1.[HH]. The zero-order chi connectivity index (χ0) is 17.2. The molecule has 5 nitrogen and oxygen atoms in total. The Morgan fingerprint density at radius 2 is 2.08 bits per heavy atom. The Bertz CT molecular complexity index is 753. The van der Waals surface area contributed by atoms with Crippen LogP contribution in [0.5, 0.6) is 0 Å². The molecular formula is C19H25N3O2S. The molecule has 25 heavy (non-hydrogen) atoms. The molecule has 134 valence electrons. The smallest absolute Gasteiger partial charge is 0.251 e. The molecule has 1 atom stereocenters. The van der Waals surface area contributed by atoms with E-state index >= 15 is 0 Å². The van der Waals surface area contributed by atoms with Gasteiger partial charge in [-0.15, -0.1) is 11.3 Å². The van der Waals surface area contributed by atoms with Gasteiger partial charge in [-0.05, 0) is 25.3 Å². The fraction of sp³-hybridized carbons (Fsp3) is 0.474. The first-order valence-electron chi connectivity index (χ1n) is 8.89. The Kier molecular flexibility index (Phi) is 4.72. The standard InChI is InChI=1S/C19H23N3O2S.H2/c1-14-5-2-3-6-15(14)16-13-25-19(20-16)22-10-8-21(9-11-22)18(23)17-7-4-12-24-17;/h2-3,5-6,13,17H,4,7-12H2,1H3;1H/t17-;/m1./s1. The number of anilines is 1. The minimum absolute atomic E-state index is 0. The Morgan fingerprint density at radius 3 is 2.80 bits per heavy atom. The number of rotatable bonds is 3. The fourth-order valence-corrected chi connectivity index (χ4v) is 4.37. The molecule has 2 aromatic rings. The molecule has 0 radical (unpaired) electrons. The third-order valence-corrected chi connectivity index (χ3v) is 5.88. The van der Waals surface area contributed by atoms with Crippen LogP contribution in [0.1, 0.15) is 19.8 Å². The van der Waals surface area contributed by atoms with Gasteiger partial charge in [0.25, 0.3) is 5.91 Å². The summed E-state index contributed by atoms with van der Waals surface area (Å²) in [6.45, 7) is 6.00. The topological polar surface area (TPSA) is 45.7 Å². The van der Waals surface area contributed by atoms with Crippen LogP contribution < -0.4 is 4.90 Å². The van der Waals surface area contributed by atoms with Crippen LogP contribution in [0.15, 0.2) is 29.6 Å². The Hall–Kier alpha value is -1.92. The number of carbonyl (C=O) groups is 1. The highest BCUT2D eigenvalue weighted by Crippen LogP contribution is 2.30. The van der Waals surface area contributed by atoms with Crippen molar-refractivity contribution in [3.8, 4) is 11.3 Å². The zero-order valence-electron chi connectivity index (χ0n) is 14.5. The average molecular weight is 359 g/mol. The Balaban J connectivity index is 0.00000196. The number of aromatic nitrogens is 1. The minimum Gasteiger partial charge on any atom is -0.368 e. The van der Waals surface area contributed by atoms with Gasteiger partial charge in [0.2, 0.25) is 0 Å². The van der Waals surface area contributed by atoms with Crippen molar-refractivity contribution in [3.63, 3.8) is 0 Å². The second-order valence-corrected chi connectivity index (χ2v) is 7.48. The molecule has 0 N–H and O–H groups in total. The van der Waals surface area contributed by atoms with Gasteiger partial charge in [0.15, 0.2) is 5.13 Å². The van der Waals surface area contributed by atoms with Crippen molar-refractivity contribution >= 4 is 22.4 Å². The molecule has 1 aromatic carbocycles. The van der Waals surface area contributed by atoms with Crippen molar-refractivity contribution < 1.29 is 11.0 Å². The highest BCUT2D eigenvalue weighted by Gasteiger charge is 2.30. The number of carbonyl (C=O) groups excluding carboxylic acids is 1. The number of ether oxygens (including phenoxy) is 1. The van der Waals surface area contributed by atoms with Crippen LogP contribution in [0.3, 0.4) is 0 Å². The van der Waals surface area contributed by atoms with Crippen molar-refractivity contribution in [2.75, 3.05) is 37.7 Å². The molecule has 0 unspecified atom stereocenters. The predicted molar refractivity (Wildman–Crippen MR) is 102 cm³/mol. The van der Waals surface area contributed by atoms with E-state index in [2.05, 4.69) is 41.5 Å². The summed E-state index contributed by atoms with van der Waals surface area (Å²) in [6.07, 6.45) is 1.65. The minimum atomic E-state index is -0.209. The highest BCUT2D eigenvalue weighted by atomic mass is 32.1. The average Bonchev–Trinajstić information content (AvgIpc) is 3.34. The first-order valence-corrected chi connectivity index (χ1v) is 9.77. The Labute approximate surface area is 153 Å². The largest absolute Gasteiger partial charge is 0.368 e. The van der Waals surface area contributed by atoms with Crippen LogP contribution in [-0.4, -0.2) is 54.7 Å². The molecule has 2 saturated heterocycles. The van der Waals surface area contributed by atoms with Gasteiger partial charge in [-0.3, -0.25) is 4.79 Å². The third-order valence-electron chi connectivity index (χ3n) is 4.98. The van der Waals surface area contributed by atoms with E-state index < -0.39 is 0 Å². The van der Waals surface area contributed by atoms with Gasteiger partial charge in [-0.2, -0.15) is 0 Å². The van der Waals surface area contributed by atoms with Gasteiger partial charge in [0.05, 0.1) is 5.69 Å². The molecular weight excluding hydrogens is 334 g/mol. The van der Waals surface area contributed by atoms with Gasteiger partial charge in [0, 0.05) is 45.2 Å². The van der Waals surface area contributed by atoms with Crippen molar-refractivity contribution in [2.24, 2.45) is 0 Å². The van der Waals surface area contributed by atoms with Crippen molar-refractivity contribution in [1.29, 1.82) is 0 Å². The quantitative estimate of drug-likeness (QED) is 0.844. The normalized spacial score (nSPS) is 20.9. The van der Waals surface area contributed by atoms with E-state index in [9.17, 15) is 4.79 Å². The number of amides is 1. The van der Waals surface area contributed by atoms with E-state index in [1.807, 2.05) is 4.90 Å². The zero-order valence-corrected chi connectivity index (χ0v) is 15.3. The van der Waals surface area contributed by atoms with E-state index in [0.717, 1.165) is 56.5 Å². The van der Waals surface area contributed by atoms with E-state index in [1.165, 1.54) is 11.1 Å². The summed E-state index contributed by atoms with van der Waals surface area (Å²) in [5.41, 5.74) is 3.47. The van der Waals surface area contributed by atoms with Crippen LogP contribution in [0, 0.1) is 6.92 Å². The van der Waals surface area contributed by atoms with Crippen molar-refractivity contribution in [2.45, 2.75) is 25.9 Å². The third kappa shape index (κ3) is 3.41. The molecule has 1 amide bonds. The summed E-state index contributed by atoms with van der Waals surface area (Å²) in [4.78, 5) is 21.5. The van der Waals surface area contributed by atoms with Gasteiger partial charge < -0.3 is 14.5 Å². The molecule has 4 rings (SSSR count). The van der Waals surface area contributed by atoms with Gasteiger partial charge >= 0.3 is 0 Å². The fourth-order valence-electron chi connectivity index (χ4n) is 3.49. The lowest BCUT2D eigenvalue weighted by Gasteiger charge is -2.35. The maximum absolute atomic E-state index is 12.4. The lowest BCUT2D eigenvalue weighted by Crippen LogP contribution is -2.51. The number of thiazole rings is 1. The molecule has 2 aliphatic rings. The van der Waals surface area contributed by atoms with Crippen molar-refractivity contribution in [1.82, 2.24) is 9.88 Å². The number of piperazine rings is 1. The summed E-state index contributed by atoms with van der Waals surface area (Å²) in [6, 6.07) is 8.34.